The lowest BCUT2D eigenvalue weighted by molar-refractivity contribution is -0.144. The highest BCUT2D eigenvalue weighted by molar-refractivity contribution is 8.00. The minimum Gasteiger partial charge on any atom is -0.480 e. The summed E-state index contributed by atoms with van der Waals surface area (Å²) in [5, 5.41) is 9.01. The number of hydrogen-bond donors (Lipinski definition) is 2. The highest BCUT2D eigenvalue weighted by Gasteiger charge is 2.39. The summed E-state index contributed by atoms with van der Waals surface area (Å²) < 4.78 is 26.6. The summed E-state index contributed by atoms with van der Waals surface area (Å²) in [7, 11) is 0. The zero-order chi connectivity index (χ0) is 14.0. The Labute approximate surface area is 114 Å². The minimum absolute atomic E-state index is 0.105. The second-order valence-electron chi connectivity index (χ2n) is 4.87. The molecule has 1 aromatic carbocycles. The Kier molecular flexibility index (Phi) is 4.10. The van der Waals surface area contributed by atoms with Crippen LogP contribution in [0.2, 0.25) is 0 Å². The first kappa shape index (κ1) is 14.3. The van der Waals surface area contributed by atoms with Gasteiger partial charge in [0.05, 0.1) is 0 Å². The summed E-state index contributed by atoms with van der Waals surface area (Å²) in [5.41, 5.74) is 4.58. The summed E-state index contributed by atoms with van der Waals surface area (Å²) in [5.74, 6) is -2.02. The Morgan fingerprint density at radius 2 is 2.21 bits per heavy atom. The second kappa shape index (κ2) is 5.46. The standard InChI is InChI=1S/C13H15F2NO2S/c14-8-3-4-10(15)11(6-8)19-9-2-1-5-13(16,7-9)12(17)18/h3-4,6,9H,1-2,5,7,16H2,(H,17,18). The van der Waals surface area contributed by atoms with E-state index in [-0.39, 0.29) is 16.6 Å². The summed E-state index contributed by atoms with van der Waals surface area (Å²) in [6, 6.07) is 3.27. The molecule has 1 saturated carbocycles. The van der Waals surface area contributed by atoms with Crippen LogP contribution in [-0.2, 0) is 4.79 Å². The Morgan fingerprint density at radius 1 is 1.47 bits per heavy atom. The highest BCUT2D eigenvalue weighted by Crippen LogP contribution is 2.38. The first-order valence-electron chi connectivity index (χ1n) is 6.05. The molecule has 0 saturated heterocycles. The van der Waals surface area contributed by atoms with Crippen molar-refractivity contribution >= 4 is 17.7 Å². The molecule has 2 rings (SSSR count). The fourth-order valence-corrected chi connectivity index (χ4v) is 3.68. The van der Waals surface area contributed by atoms with Gasteiger partial charge in [-0.2, -0.15) is 0 Å². The molecule has 2 unspecified atom stereocenters. The van der Waals surface area contributed by atoms with E-state index in [2.05, 4.69) is 0 Å². The highest BCUT2D eigenvalue weighted by atomic mass is 32.2. The largest absolute Gasteiger partial charge is 0.480 e. The molecule has 1 aromatic rings. The summed E-state index contributed by atoms with van der Waals surface area (Å²) >= 11 is 1.17. The molecule has 0 aromatic heterocycles. The number of halogens is 2. The van der Waals surface area contributed by atoms with Gasteiger partial charge in [-0.05, 0) is 43.9 Å². The van der Waals surface area contributed by atoms with Gasteiger partial charge in [0.15, 0.2) is 0 Å². The van der Waals surface area contributed by atoms with Gasteiger partial charge in [-0.3, -0.25) is 4.79 Å². The van der Waals surface area contributed by atoms with E-state index in [0.29, 0.717) is 12.8 Å². The smallest absolute Gasteiger partial charge is 0.323 e. The molecule has 2 atom stereocenters. The number of aliphatic carboxylic acids is 1. The van der Waals surface area contributed by atoms with Gasteiger partial charge in [0, 0.05) is 10.1 Å². The lowest BCUT2D eigenvalue weighted by atomic mass is 9.82. The van der Waals surface area contributed by atoms with Crippen molar-refractivity contribution in [2.24, 2.45) is 5.73 Å². The van der Waals surface area contributed by atoms with Gasteiger partial charge in [-0.1, -0.05) is 0 Å². The number of carboxylic acids is 1. The fraction of sp³-hybridized carbons (Fsp3) is 0.462. The van der Waals surface area contributed by atoms with Crippen LogP contribution in [0.3, 0.4) is 0 Å². The summed E-state index contributed by atoms with van der Waals surface area (Å²) in [4.78, 5) is 11.3. The van der Waals surface area contributed by atoms with Crippen molar-refractivity contribution < 1.29 is 18.7 Å². The number of rotatable bonds is 3. The average Bonchev–Trinajstić information content (AvgIpc) is 2.34. The second-order valence-corrected chi connectivity index (χ2v) is 6.21. The molecule has 1 aliphatic rings. The fourth-order valence-electron chi connectivity index (χ4n) is 2.30. The van der Waals surface area contributed by atoms with E-state index >= 15 is 0 Å². The van der Waals surface area contributed by atoms with Crippen LogP contribution < -0.4 is 5.73 Å². The van der Waals surface area contributed by atoms with E-state index in [4.69, 9.17) is 10.8 Å². The van der Waals surface area contributed by atoms with Crippen LogP contribution in [0.15, 0.2) is 23.1 Å². The van der Waals surface area contributed by atoms with Gasteiger partial charge in [0.1, 0.15) is 17.2 Å². The zero-order valence-electron chi connectivity index (χ0n) is 10.2. The lowest BCUT2D eigenvalue weighted by Crippen LogP contribution is -2.51. The van der Waals surface area contributed by atoms with Gasteiger partial charge in [0.25, 0.3) is 0 Å². The Bertz CT molecular complexity index is 498. The van der Waals surface area contributed by atoms with Crippen molar-refractivity contribution in [3.63, 3.8) is 0 Å². The van der Waals surface area contributed by atoms with E-state index in [1.54, 1.807) is 0 Å². The number of benzene rings is 1. The molecule has 6 heteroatoms. The van der Waals surface area contributed by atoms with Crippen LogP contribution in [0.25, 0.3) is 0 Å². The predicted molar refractivity (Wildman–Crippen MR) is 69.0 cm³/mol. The summed E-state index contributed by atoms with van der Waals surface area (Å²) in [6.45, 7) is 0. The van der Waals surface area contributed by atoms with Gasteiger partial charge in [-0.15, -0.1) is 11.8 Å². The van der Waals surface area contributed by atoms with E-state index < -0.39 is 23.1 Å². The minimum atomic E-state index is -1.25. The van der Waals surface area contributed by atoms with Crippen LogP contribution in [0.1, 0.15) is 25.7 Å². The average molecular weight is 287 g/mol. The van der Waals surface area contributed by atoms with Gasteiger partial charge in [-0.25, -0.2) is 8.78 Å². The van der Waals surface area contributed by atoms with E-state index in [1.807, 2.05) is 0 Å². The van der Waals surface area contributed by atoms with E-state index in [1.165, 1.54) is 11.8 Å². The predicted octanol–water partition coefficient (Wildman–Crippen LogP) is 2.78. The van der Waals surface area contributed by atoms with Crippen molar-refractivity contribution in [3.05, 3.63) is 29.8 Å². The normalized spacial score (nSPS) is 27.2. The first-order valence-corrected chi connectivity index (χ1v) is 6.93. The van der Waals surface area contributed by atoms with Gasteiger partial charge >= 0.3 is 5.97 Å². The maximum Gasteiger partial charge on any atom is 0.323 e. The lowest BCUT2D eigenvalue weighted by Gasteiger charge is -2.34. The Balaban J connectivity index is 2.11. The molecule has 3 nitrogen and oxygen atoms in total. The van der Waals surface area contributed by atoms with Crippen LogP contribution in [0.5, 0.6) is 0 Å². The third kappa shape index (κ3) is 3.25. The molecule has 0 aliphatic heterocycles. The van der Waals surface area contributed by atoms with Gasteiger partial charge in [0.2, 0.25) is 0 Å². The van der Waals surface area contributed by atoms with Crippen LogP contribution in [-0.4, -0.2) is 21.9 Å². The van der Waals surface area contributed by atoms with Crippen LogP contribution >= 0.6 is 11.8 Å². The zero-order valence-corrected chi connectivity index (χ0v) is 11.1. The molecule has 3 N–H and O–H groups in total. The molecule has 0 amide bonds. The number of nitrogens with two attached hydrogens (primary N) is 1. The quantitative estimate of drug-likeness (QED) is 0.897. The SMILES string of the molecule is NC1(C(=O)O)CCCC(Sc2cc(F)ccc2F)C1. The molecular weight excluding hydrogens is 272 g/mol. The van der Waals surface area contributed by atoms with Crippen LogP contribution in [0, 0.1) is 11.6 Å². The molecule has 1 fully saturated rings. The number of carbonyl (C=O) groups is 1. The Morgan fingerprint density at radius 3 is 2.89 bits per heavy atom. The van der Waals surface area contributed by atoms with Crippen LogP contribution in [0.4, 0.5) is 8.78 Å². The molecule has 0 bridgehead atoms. The number of hydrogen-bond acceptors (Lipinski definition) is 3. The monoisotopic (exact) mass is 287 g/mol. The van der Waals surface area contributed by atoms with Crippen molar-refractivity contribution in [3.8, 4) is 0 Å². The van der Waals surface area contributed by atoms with E-state index in [0.717, 1.165) is 24.6 Å². The van der Waals surface area contributed by atoms with Crippen molar-refractivity contribution in [2.45, 2.75) is 41.4 Å². The van der Waals surface area contributed by atoms with E-state index in [9.17, 15) is 13.6 Å². The molecule has 0 spiro atoms. The topological polar surface area (TPSA) is 63.3 Å². The molecule has 0 heterocycles. The maximum absolute atomic E-state index is 13.5. The third-order valence-electron chi connectivity index (χ3n) is 3.35. The molecular formula is C13H15F2NO2S. The third-order valence-corrected chi connectivity index (χ3v) is 4.66. The van der Waals surface area contributed by atoms with Crippen molar-refractivity contribution in [1.29, 1.82) is 0 Å². The van der Waals surface area contributed by atoms with Crippen molar-refractivity contribution in [2.75, 3.05) is 0 Å². The number of carboxylic acid groups (broad SMARTS) is 1. The first-order chi connectivity index (χ1) is 8.90. The summed E-state index contributed by atoms with van der Waals surface area (Å²) in [6.07, 6.45) is 2.12. The molecule has 1 aliphatic carbocycles. The molecule has 0 radical (unpaired) electrons. The molecule has 19 heavy (non-hydrogen) atoms. The number of thioether (sulfide) groups is 1. The maximum atomic E-state index is 13.5. The van der Waals surface area contributed by atoms with Gasteiger partial charge < -0.3 is 10.8 Å². The van der Waals surface area contributed by atoms with Crippen molar-refractivity contribution in [1.82, 2.24) is 0 Å². The molecule has 104 valence electrons. The Hall–Kier alpha value is -1.14.